The molecule has 0 unspecified atom stereocenters. The maximum atomic E-state index is 12.4. The van der Waals surface area contributed by atoms with E-state index in [1.54, 1.807) is 6.20 Å². The number of nitrogens with one attached hydrogen (secondary N) is 1. The molecule has 1 amide bonds. The largest absolute Gasteiger partial charge is 0.376 e. The number of carbonyl (C=O) groups excluding carboxylic acids is 1. The van der Waals surface area contributed by atoms with Crippen molar-refractivity contribution in [3.8, 4) is 6.07 Å². The molecule has 1 aromatic carbocycles. The van der Waals surface area contributed by atoms with Crippen molar-refractivity contribution in [3.63, 3.8) is 0 Å². The predicted molar refractivity (Wildman–Crippen MR) is 92.8 cm³/mol. The maximum Gasteiger partial charge on any atom is 0.267 e. The van der Waals surface area contributed by atoms with Gasteiger partial charge in [0, 0.05) is 25.0 Å². The molecule has 1 fully saturated rings. The molecule has 23 heavy (non-hydrogen) atoms. The number of piperidine rings is 1. The van der Waals surface area contributed by atoms with Crippen molar-refractivity contribution in [1.29, 1.82) is 5.26 Å². The molecular weight excluding hydrogens is 286 g/mol. The molecule has 0 spiro atoms. The molecule has 0 bridgehead atoms. The third-order valence-corrected chi connectivity index (χ3v) is 4.33. The Morgan fingerprint density at radius 3 is 2.61 bits per heavy atom. The lowest BCUT2D eigenvalue weighted by molar-refractivity contribution is -0.112. The number of amides is 1. The maximum absolute atomic E-state index is 12.4. The van der Waals surface area contributed by atoms with Crippen LogP contribution in [-0.4, -0.2) is 23.9 Å². The smallest absolute Gasteiger partial charge is 0.267 e. The van der Waals surface area contributed by atoms with Gasteiger partial charge in [-0.2, -0.15) is 5.26 Å². The van der Waals surface area contributed by atoms with E-state index in [1.807, 2.05) is 30.3 Å². The van der Waals surface area contributed by atoms with Crippen LogP contribution >= 0.6 is 0 Å². The van der Waals surface area contributed by atoms with Crippen molar-refractivity contribution in [2.45, 2.75) is 39.5 Å². The zero-order valence-electron chi connectivity index (χ0n) is 14.2. The lowest BCUT2D eigenvalue weighted by Crippen LogP contribution is -2.29. The summed E-state index contributed by atoms with van der Waals surface area (Å²) in [5.74, 6) is 0.695. The van der Waals surface area contributed by atoms with E-state index in [9.17, 15) is 10.1 Å². The summed E-state index contributed by atoms with van der Waals surface area (Å²) in [5, 5.41) is 12.2. The third-order valence-electron chi connectivity index (χ3n) is 4.33. The Balaban J connectivity index is 2.11. The van der Waals surface area contributed by atoms with Gasteiger partial charge in [0.2, 0.25) is 0 Å². The minimum absolute atomic E-state index is 0.165. The second-order valence-electron chi connectivity index (χ2n) is 6.57. The summed E-state index contributed by atoms with van der Waals surface area (Å²) in [7, 11) is 0. The Bertz CT molecular complexity index is 620. The highest BCUT2D eigenvalue weighted by Gasteiger charge is 2.17. The van der Waals surface area contributed by atoms with Gasteiger partial charge in [-0.15, -0.1) is 0 Å². The first-order valence-corrected chi connectivity index (χ1v) is 8.27. The molecule has 1 aliphatic rings. The summed E-state index contributed by atoms with van der Waals surface area (Å²) >= 11 is 0. The number of hydrogen-bond donors (Lipinski definition) is 1. The Labute approximate surface area is 138 Å². The molecule has 2 rings (SSSR count). The van der Waals surface area contributed by atoms with E-state index < -0.39 is 0 Å². The second-order valence-corrected chi connectivity index (χ2v) is 6.57. The molecule has 1 aliphatic heterocycles. The third kappa shape index (κ3) is 4.59. The van der Waals surface area contributed by atoms with Crippen LogP contribution in [0.5, 0.6) is 0 Å². The average Bonchev–Trinajstić information content (AvgIpc) is 2.54. The fraction of sp³-hybridized carbons (Fsp3) is 0.474. The van der Waals surface area contributed by atoms with Crippen molar-refractivity contribution in [2.24, 2.45) is 5.92 Å². The molecule has 1 aromatic rings. The zero-order valence-corrected chi connectivity index (χ0v) is 14.2. The lowest BCUT2D eigenvalue weighted by Gasteiger charge is -2.29. The monoisotopic (exact) mass is 311 g/mol. The minimum atomic E-state index is -0.334. The molecule has 1 heterocycles. The van der Waals surface area contributed by atoms with Gasteiger partial charge >= 0.3 is 0 Å². The first kappa shape index (κ1) is 17.1. The van der Waals surface area contributed by atoms with E-state index in [0.717, 1.165) is 43.1 Å². The molecule has 0 radical (unpaired) electrons. The van der Waals surface area contributed by atoms with E-state index in [1.165, 1.54) is 0 Å². The van der Waals surface area contributed by atoms with Crippen molar-refractivity contribution >= 4 is 11.6 Å². The number of para-hydroxylation sites is 1. The van der Waals surface area contributed by atoms with Crippen molar-refractivity contribution in [3.05, 3.63) is 41.6 Å². The first-order valence-electron chi connectivity index (χ1n) is 8.27. The van der Waals surface area contributed by atoms with Gasteiger partial charge in [-0.25, -0.2) is 0 Å². The van der Waals surface area contributed by atoms with E-state index in [4.69, 9.17) is 0 Å². The number of benzene rings is 1. The highest BCUT2D eigenvalue weighted by Crippen LogP contribution is 2.24. The minimum Gasteiger partial charge on any atom is -0.376 e. The quantitative estimate of drug-likeness (QED) is 0.678. The molecule has 4 nitrogen and oxygen atoms in total. The fourth-order valence-corrected chi connectivity index (χ4v) is 2.78. The number of rotatable bonds is 4. The highest BCUT2D eigenvalue weighted by atomic mass is 16.1. The molecular formula is C19H25N3O. The van der Waals surface area contributed by atoms with Crippen LogP contribution in [0.1, 0.15) is 45.1 Å². The lowest BCUT2D eigenvalue weighted by atomic mass is 9.99. The fourth-order valence-electron chi connectivity index (χ4n) is 2.78. The predicted octanol–water partition coefficient (Wildman–Crippen LogP) is 3.89. The Morgan fingerprint density at radius 2 is 2.00 bits per heavy atom. The van der Waals surface area contributed by atoms with E-state index in [0.29, 0.717) is 5.92 Å². The number of anilines is 1. The van der Waals surface area contributed by atoms with Crippen molar-refractivity contribution in [1.82, 2.24) is 4.90 Å². The van der Waals surface area contributed by atoms with Crippen LogP contribution < -0.4 is 5.32 Å². The van der Waals surface area contributed by atoms with Crippen LogP contribution in [0.25, 0.3) is 0 Å². The van der Waals surface area contributed by atoms with Crippen LogP contribution in [-0.2, 0) is 4.79 Å². The van der Waals surface area contributed by atoms with E-state index in [2.05, 4.69) is 31.0 Å². The number of hydrogen-bond acceptors (Lipinski definition) is 3. The van der Waals surface area contributed by atoms with Crippen molar-refractivity contribution in [2.75, 3.05) is 18.4 Å². The zero-order chi connectivity index (χ0) is 16.8. The topological polar surface area (TPSA) is 56.1 Å². The molecule has 1 N–H and O–H groups in total. The number of carbonyl (C=O) groups is 1. The first-order chi connectivity index (χ1) is 11.0. The molecule has 0 aliphatic carbocycles. The van der Waals surface area contributed by atoms with Crippen LogP contribution in [0.3, 0.4) is 0 Å². The Hall–Kier alpha value is -2.28. The molecule has 4 heteroatoms. The Kier molecular flexibility index (Phi) is 5.81. The average molecular weight is 311 g/mol. The summed E-state index contributed by atoms with van der Waals surface area (Å²) in [6, 6.07) is 9.77. The molecule has 0 atom stereocenters. The van der Waals surface area contributed by atoms with Gasteiger partial charge < -0.3 is 10.2 Å². The van der Waals surface area contributed by atoms with Gasteiger partial charge in [-0.05, 0) is 36.3 Å². The van der Waals surface area contributed by atoms with Gasteiger partial charge in [-0.3, -0.25) is 4.79 Å². The second kappa shape index (κ2) is 7.82. The molecule has 1 saturated heterocycles. The van der Waals surface area contributed by atoms with Crippen LogP contribution in [0.2, 0.25) is 0 Å². The SMILES string of the molecule is CC1CCN(/C=C(/C#N)C(=O)Nc2ccccc2C(C)C)CC1. The molecule has 0 aromatic heterocycles. The summed E-state index contributed by atoms with van der Waals surface area (Å²) < 4.78 is 0. The number of nitriles is 1. The summed E-state index contributed by atoms with van der Waals surface area (Å²) in [4.78, 5) is 14.5. The van der Waals surface area contributed by atoms with Gasteiger partial charge in [0.15, 0.2) is 0 Å². The highest BCUT2D eigenvalue weighted by molar-refractivity contribution is 6.06. The molecule has 122 valence electrons. The van der Waals surface area contributed by atoms with Gasteiger partial charge in [0.05, 0.1) is 0 Å². The number of nitrogens with zero attached hydrogens (tertiary/aromatic N) is 2. The normalized spacial score (nSPS) is 16.3. The summed E-state index contributed by atoms with van der Waals surface area (Å²) in [6.45, 7) is 8.22. The van der Waals surface area contributed by atoms with E-state index >= 15 is 0 Å². The summed E-state index contributed by atoms with van der Waals surface area (Å²) in [6.07, 6.45) is 3.92. The van der Waals surface area contributed by atoms with Crippen LogP contribution in [0.4, 0.5) is 5.69 Å². The summed E-state index contributed by atoms with van der Waals surface area (Å²) in [5.41, 5.74) is 2.02. The van der Waals surface area contributed by atoms with Crippen molar-refractivity contribution < 1.29 is 4.79 Å². The Morgan fingerprint density at radius 1 is 1.35 bits per heavy atom. The van der Waals surface area contributed by atoms with E-state index in [-0.39, 0.29) is 11.5 Å². The van der Waals surface area contributed by atoms with Crippen LogP contribution in [0, 0.1) is 17.2 Å². The standard InChI is InChI=1S/C19H25N3O/c1-14(2)17-6-4-5-7-18(17)21-19(23)16(12-20)13-22-10-8-15(3)9-11-22/h4-7,13-15H,8-11H2,1-3H3,(H,21,23)/b16-13-. The van der Waals surface area contributed by atoms with Crippen LogP contribution in [0.15, 0.2) is 36.0 Å². The van der Waals surface area contributed by atoms with Gasteiger partial charge in [-0.1, -0.05) is 39.0 Å². The molecule has 0 saturated carbocycles. The van der Waals surface area contributed by atoms with Gasteiger partial charge in [0.25, 0.3) is 5.91 Å². The number of likely N-dealkylation sites (tertiary alicyclic amines) is 1. The van der Waals surface area contributed by atoms with Gasteiger partial charge in [0.1, 0.15) is 11.6 Å².